The molecule has 1 aliphatic rings. The molecule has 0 aromatic heterocycles. The molecule has 120 valence electrons. The van der Waals surface area contributed by atoms with Gasteiger partial charge in [-0.05, 0) is 36.8 Å². The number of rotatable bonds is 6. The van der Waals surface area contributed by atoms with Crippen LogP contribution in [0.1, 0.15) is 29.5 Å². The minimum absolute atomic E-state index is 0.0504. The average Bonchev–Trinajstić information content (AvgIpc) is 3.39. The van der Waals surface area contributed by atoms with Gasteiger partial charge in [-0.15, -0.1) is 0 Å². The van der Waals surface area contributed by atoms with Gasteiger partial charge in [0.2, 0.25) is 5.91 Å². The quantitative estimate of drug-likeness (QED) is 0.862. The number of hydrogen-bond donors (Lipinski definition) is 2. The summed E-state index contributed by atoms with van der Waals surface area (Å²) in [4.78, 5) is 12.2. The molecule has 3 nitrogen and oxygen atoms in total. The fraction of sp³-hybridized carbons (Fsp3) is 0.350. The molecule has 0 aliphatic heterocycles. The predicted octanol–water partition coefficient (Wildman–Crippen LogP) is 2.95. The zero-order valence-corrected chi connectivity index (χ0v) is 13.5. The summed E-state index contributed by atoms with van der Waals surface area (Å²) in [6.45, 7) is 2.29. The van der Waals surface area contributed by atoms with E-state index in [1.807, 2.05) is 61.5 Å². The van der Waals surface area contributed by atoms with Gasteiger partial charge < -0.3 is 10.4 Å². The van der Waals surface area contributed by atoms with Crippen LogP contribution in [0.15, 0.2) is 54.6 Å². The summed E-state index contributed by atoms with van der Waals surface area (Å²) >= 11 is 0. The Morgan fingerprint density at radius 3 is 2.57 bits per heavy atom. The average molecular weight is 309 g/mol. The van der Waals surface area contributed by atoms with E-state index in [-0.39, 0.29) is 18.4 Å². The first-order chi connectivity index (χ1) is 11.1. The molecule has 0 heterocycles. The number of hydrogen-bond acceptors (Lipinski definition) is 2. The van der Waals surface area contributed by atoms with E-state index in [9.17, 15) is 9.90 Å². The van der Waals surface area contributed by atoms with Crippen LogP contribution in [0.25, 0.3) is 0 Å². The molecule has 1 aliphatic carbocycles. The molecule has 2 aromatic rings. The van der Waals surface area contributed by atoms with Crippen molar-refractivity contribution in [2.24, 2.45) is 5.92 Å². The molecule has 0 spiro atoms. The third kappa shape index (κ3) is 3.80. The van der Waals surface area contributed by atoms with Gasteiger partial charge in [0.1, 0.15) is 5.60 Å². The number of carbonyl (C=O) groups excluding carboxylic acids is 1. The van der Waals surface area contributed by atoms with E-state index < -0.39 is 5.60 Å². The number of carbonyl (C=O) groups is 1. The molecule has 1 fully saturated rings. The van der Waals surface area contributed by atoms with Crippen LogP contribution in [0.5, 0.6) is 0 Å². The van der Waals surface area contributed by atoms with Crippen LogP contribution < -0.4 is 5.32 Å². The van der Waals surface area contributed by atoms with Crippen molar-refractivity contribution in [3.63, 3.8) is 0 Å². The number of aliphatic hydroxyl groups is 1. The van der Waals surface area contributed by atoms with Gasteiger partial charge in [-0.25, -0.2) is 0 Å². The third-order valence-corrected chi connectivity index (χ3v) is 4.53. The highest BCUT2D eigenvalue weighted by atomic mass is 16.3. The van der Waals surface area contributed by atoms with Crippen LogP contribution >= 0.6 is 0 Å². The Morgan fingerprint density at radius 2 is 1.91 bits per heavy atom. The van der Waals surface area contributed by atoms with Gasteiger partial charge in [-0.2, -0.15) is 0 Å². The van der Waals surface area contributed by atoms with Crippen molar-refractivity contribution >= 4 is 5.91 Å². The molecule has 1 saturated carbocycles. The van der Waals surface area contributed by atoms with Crippen LogP contribution in [-0.4, -0.2) is 17.6 Å². The number of benzene rings is 2. The van der Waals surface area contributed by atoms with Gasteiger partial charge in [0.05, 0.1) is 13.0 Å². The topological polar surface area (TPSA) is 49.3 Å². The van der Waals surface area contributed by atoms with Crippen LogP contribution in [0.4, 0.5) is 0 Å². The normalized spacial score (nSPS) is 16.6. The summed E-state index contributed by atoms with van der Waals surface area (Å²) in [7, 11) is 0. The maximum absolute atomic E-state index is 12.2. The molecule has 1 amide bonds. The van der Waals surface area contributed by atoms with E-state index in [4.69, 9.17) is 0 Å². The van der Waals surface area contributed by atoms with Crippen LogP contribution in [0, 0.1) is 12.8 Å². The Bertz CT molecular complexity index is 679. The molecular weight excluding hydrogens is 286 g/mol. The number of aryl methyl sites for hydroxylation is 1. The molecule has 2 aromatic carbocycles. The van der Waals surface area contributed by atoms with Gasteiger partial charge in [-0.1, -0.05) is 60.2 Å². The Balaban J connectivity index is 1.64. The van der Waals surface area contributed by atoms with Gasteiger partial charge in [0.25, 0.3) is 0 Å². The van der Waals surface area contributed by atoms with Crippen LogP contribution in [-0.2, 0) is 16.8 Å². The second-order valence-corrected chi connectivity index (χ2v) is 6.51. The van der Waals surface area contributed by atoms with E-state index in [1.54, 1.807) is 0 Å². The third-order valence-electron chi connectivity index (χ3n) is 4.53. The first-order valence-corrected chi connectivity index (χ1v) is 8.18. The zero-order chi connectivity index (χ0) is 16.3. The molecule has 23 heavy (non-hydrogen) atoms. The van der Waals surface area contributed by atoms with Crippen molar-refractivity contribution in [3.05, 3.63) is 71.3 Å². The Morgan fingerprint density at radius 1 is 1.17 bits per heavy atom. The molecule has 0 bridgehead atoms. The summed E-state index contributed by atoms with van der Waals surface area (Å²) < 4.78 is 0. The summed E-state index contributed by atoms with van der Waals surface area (Å²) in [6, 6.07) is 17.6. The Kier molecular flexibility index (Phi) is 4.49. The Labute approximate surface area is 137 Å². The van der Waals surface area contributed by atoms with E-state index in [2.05, 4.69) is 5.32 Å². The monoisotopic (exact) mass is 309 g/mol. The molecule has 2 N–H and O–H groups in total. The number of nitrogens with one attached hydrogen (secondary N) is 1. The van der Waals surface area contributed by atoms with Crippen molar-refractivity contribution in [1.82, 2.24) is 5.32 Å². The van der Waals surface area contributed by atoms with Crippen LogP contribution in [0.2, 0.25) is 0 Å². The first-order valence-electron chi connectivity index (χ1n) is 8.18. The molecule has 3 rings (SSSR count). The summed E-state index contributed by atoms with van der Waals surface area (Å²) in [6.07, 6.45) is 2.37. The van der Waals surface area contributed by atoms with E-state index in [1.165, 1.54) is 0 Å². The van der Waals surface area contributed by atoms with Crippen molar-refractivity contribution in [2.75, 3.05) is 6.54 Å². The summed E-state index contributed by atoms with van der Waals surface area (Å²) in [5, 5.41) is 14.0. The first kappa shape index (κ1) is 15.8. The predicted molar refractivity (Wildman–Crippen MR) is 91.0 cm³/mol. The fourth-order valence-corrected chi connectivity index (χ4v) is 3.07. The minimum atomic E-state index is -0.955. The lowest BCUT2D eigenvalue weighted by Gasteiger charge is -2.29. The SMILES string of the molecule is Cc1cccc(CC(=O)NCC(O)(c2ccccc2)C2CC2)c1. The Hall–Kier alpha value is -2.13. The molecule has 3 heteroatoms. The second-order valence-electron chi connectivity index (χ2n) is 6.51. The lowest BCUT2D eigenvalue weighted by Crippen LogP contribution is -2.43. The summed E-state index contributed by atoms with van der Waals surface area (Å²) in [5.41, 5.74) is 2.08. The van der Waals surface area contributed by atoms with E-state index in [0.717, 1.165) is 29.5 Å². The minimum Gasteiger partial charge on any atom is -0.383 e. The molecule has 1 atom stereocenters. The van der Waals surface area contributed by atoms with E-state index >= 15 is 0 Å². The molecule has 0 saturated heterocycles. The smallest absolute Gasteiger partial charge is 0.224 e. The molecule has 0 radical (unpaired) electrons. The largest absolute Gasteiger partial charge is 0.383 e. The van der Waals surface area contributed by atoms with Gasteiger partial charge in [-0.3, -0.25) is 4.79 Å². The molecule has 1 unspecified atom stereocenters. The maximum Gasteiger partial charge on any atom is 0.224 e. The highest BCUT2D eigenvalue weighted by molar-refractivity contribution is 5.78. The summed E-state index contributed by atoms with van der Waals surface area (Å²) in [5.74, 6) is 0.190. The van der Waals surface area contributed by atoms with Crippen molar-refractivity contribution in [2.45, 2.75) is 31.8 Å². The standard InChI is InChI=1S/C20H23NO2/c1-15-6-5-7-16(12-15)13-19(22)21-14-20(23,18-10-11-18)17-8-3-2-4-9-17/h2-9,12,18,23H,10-11,13-14H2,1H3,(H,21,22). The van der Waals surface area contributed by atoms with E-state index in [0.29, 0.717) is 6.42 Å². The lowest BCUT2D eigenvalue weighted by molar-refractivity contribution is -0.122. The van der Waals surface area contributed by atoms with Crippen molar-refractivity contribution < 1.29 is 9.90 Å². The maximum atomic E-state index is 12.2. The van der Waals surface area contributed by atoms with Gasteiger partial charge in [0, 0.05) is 0 Å². The van der Waals surface area contributed by atoms with Crippen molar-refractivity contribution in [1.29, 1.82) is 0 Å². The molecular formula is C20H23NO2. The van der Waals surface area contributed by atoms with Crippen molar-refractivity contribution in [3.8, 4) is 0 Å². The van der Waals surface area contributed by atoms with Gasteiger partial charge >= 0.3 is 0 Å². The zero-order valence-electron chi connectivity index (χ0n) is 13.5. The highest BCUT2D eigenvalue weighted by Crippen LogP contribution is 2.45. The lowest BCUT2D eigenvalue weighted by atomic mass is 9.88. The number of amides is 1. The van der Waals surface area contributed by atoms with Crippen LogP contribution in [0.3, 0.4) is 0 Å². The highest BCUT2D eigenvalue weighted by Gasteiger charge is 2.45. The second kappa shape index (κ2) is 6.55. The fourth-order valence-electron chi connectivity index (χ4n) is 3.07. The van der Waals surface area contributed by atoms with Gasteiger partial charge in [0.15, 0.2) is 0 Å².